The predicted octanol–water partition coefficient (Wildman–Crippen LogP) is 1.22. The maximum absolute atomic E-state index is 13.3. The molecule has 0 spiro atoms. The molecule has 0 heterocycles. The number of hydrogen-bond acceptors (Lipinski definition) is 2. The summed E-state index contributed by atoms with van der Waals surface area (Å²) >= 11 is 0. The molecule has 3 N–H and O–H groups in total. The Hall–Kier alpha value is -1.42. The lowest BCUT2D eigenvalue weighted by molar-refractivity contribution is -0.117. The zero-order valence-electron chi connectivity index (χ0n) is 9.37. The molecule has 0 radical (unpaired) electrons. The van der Waals surface area contributed by atoms with E-state index in [9.17, 15) is 9.18 Å². The van der Waals surface area contributed by atoms with Crippen molar-refractivity contribution in [1.29, 1.82) is 0 Å². The van der Waals surface area contributed by atoms with Gasteiger partial charge in [-0.1, -0.05) is 18.2 Å². The molecule has 16 heavy (non-hydrogen) atoms. The van der Waals surface area contributed by atoms with Crippen LogP contribution in [0.25, 0.3) is 0 Å². The third kappa shape index (κ3) is 4.40. The van der Waals surface area contributed by atoms with Gasteiger partial charge in [0.25, 0.3) is 0 Å². The van der Waals surface area contributed by atoms with E-state index in [2.05, 4.69) is 5.32 Å². The summed E-state index contributed by atoms with van der Waals surface area (Å²) in [5.41, 5.74) is 5.70. The van der Waals surface area contributed by atoms with Gasteiger partial charge in [-0.2, -0.15) is 0 Å². The number of benzene rings is 1. The molecule has 88 valence electrons. The molecule has 3 nitrogen and oxygen atoms in total. The van der Waals surface area contributed by atoms with Crippen LogP contribution < -0.4 is 11.1 Å². The second kappa shape index (κ2) is 6.23. The Bertz CT molecular complexity index is 355. The first kappa shape index (κ1) is 12.6. The molecular formula is C12H17FN2O. The third-order valence-electron chi connectivity index (χ3n) is 2.35. The molecule has 0 bridgehead atoms. The van der Waals surface area contributed by atoms with Crippen LogP contribution in [0.1, 0.15) is 18.9 Å². The molecule has 0 fully saturated rings. The number of primary amides is 1. The average Bonchev–Trinajstić information content (AvgIpc) is 2.21. The van der Waals surface area contributed by atoms with E-state index in [4.69, 9.17) is 5.73 Å². The summed E-state index contributed by atoms with van der Waals surface area (Å²) in [6.07, 6.45) is 0.910. The van der Waals surface area contributed by atoms with E-state index < -0.39 is 0 Å². The van der Waals surface area contributed by atoms with Crippen molar-refractivity contribution in [3.8, 4) is 0 Å². The largest absolute Gasteiger partial charge is 0.370 e. The molecular weight excluding hydrogens is 207 g/mol. The van der Waals surface area contributed by atoms with Crippen molar-refractivity contribution < 1.29 is 9.18 Å². The Kier molecular flexibility index (Phi) is 4.92. The van der Waals surface area contributed by atoms with Gasteiger partial charge in [-0.3, -0.25) is 4.79 Å². The highest BCUT2D eigenvalue weighted by atomic mass is 19.1. The normalized spacial score (nSPS) is 12.4. The average molecular weight is 224 g/mol. The molecule has 0 aliphatic heterocycles. The highest BCUT2D eigenvalue weighted by Crippen LogP contribution is 2.08. The van der Waals surface area contributed by atoms with Crippen LogP contribution in [0.2, 0.25) is 0 Å². The van der Waals surface area contributed by atoms with Gasteiger partial charge >= 0.3 is 0 Å². The van der Waals surface area contributed by atoms with Crippen LogP contribution in [0.4, 0.5) is 4.39 Å². The monoisotopic (exact) mass is 224 g/mol. The van der Waals surface area contributed by atoms with Crippen LogP contribution in [0, 0.1) is 5.82 Å². The van der Waals surface area contributed by atoms with Crippen LogP contribution in [0.5, 0.6) is 0 Å². The lowest BCUT2D eigenvalue weighted by Crippen LogP contribution is -2.31. The fourth-order valence-electron chi connectivity index (χ4n) is 1.51. The van der Waals surface area contributed by atoms with Crippen molar-refractivity contribution in [3.63, 3.8) is 0 Å². The van der Waals surface area contributed by atoms with E-state index >= 15 is 0 Å². The summed E-state index contributed by atoms with van der Waals surface area (Å²) in [6.45, 7) is 2.48. The maximum Gasteiger partial charge on any atom is 0.218 e. The molecule has 1 rings (SSSR count). The van der Waals surface area contributed by atoms with Crippen molar-refractivity contribution in [2.24, 2.45) is 5.73 Å². The second-order valence-corrected chi connectivity index (χ2v) is 3.87. The van der Waals surface area contributed by atoms with E-state index in [1.165, 1.54) is 6.07 Å². The Morgan fingerprint density at radius 3 is 2.81 bits per heavy atom. The van der Waals surface area contributed by atoms with Gasteiger partial charge in [0, 0.05) is 19.0 Å². The molecule has 0 saturated heterocycles. The molecule has 1 amide bonds. The van der Waals surface area contributed by atoms with Crippen LogP contribution >= 0.6 is 0 Å². The van der Waals surface area contributed by atoms with Gasteiger partial charge in [0.05, 0.1) is 0 Å². The number of halogens is 1. The number of rotatable bonds is 6. The zero-order valence-corrected chi connectivity index (χ0v) is 9.37. The van der Waals surface area contributed by atoms with Gasteiger partial charge in [0.1, 0.15) is 5.82 Å². The second-order valence-electron chi connectivity index (χ2n) is 3.87. The molecule has 1 aromatic rings. The number of amides is 1. The van der Waals surface area contributed by atoms with Crippen molar-refractivity contribution in [2.75, 3.05) is 6.54 Å². The van der Waals surface area contributed by atoms with Crippen molar-refractivity contribution in [1.82, 2.24) is 5.32 Å². The highest BCUT2D eigenvalue weighted by molar-refractivity contribution is 5.73. The summed E-state index contributed by atoms with van der Waals surface area (Å²) in [6, 6.07) is 6.82. The fraction of sp³-hybridized carbons (Fsp3) is 0.417. The van der Waals surface area contributed by atoms with Crippen molar-refractivity contribution in [3.05, 3.63) is 35.6 Å². The lowest BCUT2D eigenvalue weighted by atomic mass is 10.1. The molecule has 4 heteroatoms. The van der Waals surface area contributed by atoms with E-state index in [1.807, 2.05) is 13.0 Å². The standard InChI is InChI=1S/C12H17FN2O/c1-9(15-7-6-12(14)16)8-10-4-2-3-5-11(10)13/h2-5,9,15H,6-8H2,1H3,(H2,14,16). The van der Waals surface area contributed by atoms with Gasteiger partial charge in [0.2, 0.25) is 5.91 Å². The molecule has 0 saturated carbocycles. The number of carbonyl (C=O) groups excluding carboxylic acids is 1. The fourth-order valence-corrected chi connectivity index (χ4v) is 1.51. The highest BCUT2D eigenvalue weighted by Gasteiger charge is 2.06. The number of nitrogens with one attached hydrogen (secondary N) is 1. The molecule has 0 aliphatic carbocycles. The molecule has 1 unspecified atom stereocenters. The van der Waals surface area contributed by atoms with Gasteiger partial charge in [-0.15, -0.1) is 0 Å². The maximum atomic E-state index is 13.3. The Balaban J connectivity index is 2.37. The SMILES string of the molecule is CC(Cc1ccccc1F)NCCC(N)=O. The first-order valence-electron chi connectivity index (χ1n) is 5.34. The number of carbonyl (C=O) groups is 1. The number of nitrogens with two attached hydrogens (primary N) is 1. The van der Waals surface area contributed by atoms with Crippen LogP contribution in [-0.2, 0) is 11.2 Å². The molecule has 0 aromatic heterocycles. The quantitative estimate of drug-likeness (QED) is 0.763. The molecule has 0 aliphatic rings. The van der Waals surface area contributed by atoms with E-state index in [0.29, 0.717) is 24.9 Å². The Labute approximate surface area is 94.8 Å². The zero-order chi connectivity index (χ0) is 12.0. The first-order valence-corrected chi connectivity index (χ1v) is 5.34. The van der Waals surface area contributed by atoms with E-state index in [1.54, 1.807) is 12.1 Å². The summed E-state index contributed by atoms with van der Waals surface area (Å²) < 4.78 is 13.3. The smallest absolute Gasteiger partial charge is 0.218 e. The summed E-state index contributed by atoms with van der Waals surface area (Å²) in [5.74, 6) is -0.517. The summed E-state index contributed by atoms with van der Waals surface area (Å²) in [7, 11) is 0. The minimum atomic E-state index is -0.328. The topological polar surface area (TPSA) is 55.1 Å². The van der Waals surface area contributed by atoms with Gasteiger partial charge in [-0.05, 0) is 25.0 Å². The van der Waals surface area contributed by atoms with Crippen LogP contribution in [0.3, 0.4) is 0 Å². The van der Waals surface area contributed by atoms with E-state index in [-0.39, 0.29) is 17.8 Å². The van der Waals surface area contributed by atoms with Crippen LogP contribution in [0.15, 0.2) is 24.3 Å². The Morgan fingerprint density at radius 1 is 1.50 bits per heavy atom. The predicted molar refractivity (Wildman–Crippen MR) is 61.4 cm³/mol. The van der Waals surface area contributed by atoms with Crippen molar-refractivity contribution >= 4 is 5.91 Å². The minimum Gasteiger partial charge on any atom is -0.370 e. The lowest BCUT2D eigenvalue weighted by Gasteiger charge is -2.13. The van der Waals surface area contributed by atoms with Crippen LogP contribution in [-0.4, -0.2) is 18.5 Å². The van der Waals surface area contributed by atoms with E-state index in [0.717, 1.165) is 0 Å². The minimum absolute atomic E-state index is 0.122. The number of hydrogen-bond donors (Lipinski definition) is 2. The molecule has 1 atom stereocenters. The summed E-state index contributed by atoms with van der Waals surface area (Å²) in [4.78, 5) is 10.5. The third-order valence-corrected chi connectivity index (χ3v) is 2.35. The van der Waals surface area contributed by atoms with Crippen molar-refractivity contribution in [2.45, 2.75) is 25.8 Å². The summed E-state index contributed by atoms with van der Waals surface area (Å²) in [5, 5.41) is 3.12. The van der Waals surface area contributed by atoms with Gasteiger partial charge < -0.3 is 11.1 Å². The Morgan fingerprint density at radius 2 is 2.19 bits per heavy atom. The van der Waals surface area contributed by atoms with Gasteiger partial charge in [0.15, 0.2) is 0 Å². The molecule has 1 aromatic carbocycles. The van der Waals surface area contributed by atoms with Gasteiger partial charge in [-0.25, -0.2) is 4.39 Å². The first-order chi connectivity index (χ1) is 7.59.